The molecule has 5 heterocycles. The van der Waals surface area contributed by atoms with E-state index in [4.69, 9.17) is 9.97 Å². The van der Waals surface area contributed by atoms with Gasteiger partial charge in [-0.15, -0.1) is 0 Å². The van der Waals surface area contributed by atoms with Gasteiger partial charge in [0, 0.05) is 50.4 Å². The molecule has 65 heavy (non-hydrogen) atoms. The van der Waals surface area contributed by atoms with Gasteiger partial charge in [-0.25, -0.2) is 9.97 Å². The summed E-state index contributed by atoms with van der Waals surface area (Å²) in [6.45, 7) is 0. The number of fused-ring (bicyclic) bond motifs is 9. The summed E-state index contributed by atoms with van der Waals surface area (Å²) in [5.41, 5.74) is 15.5. The van der Waals surface area contributed by atoms with Crippen LogP contribution in [-0.2, 0) is 0 Å². The van der Waals surface area contributed by atoms with Crippen LogP contribution in [0.4, 0.5) is 0 Å². The van der Waals surface area contributed by atoms with Crippen LogP contribution in [-0.4, -0.2) is 23.7 Å². The maximum Gasteiger partial charge on any atom is 0.146 e. The van der Waals surface area contributed by atoms with Gasteiger partial charge in [0.2, 0.25) is 0 Å². The monoisotopic (exact) mass is 828 g/mol. The average molecular weight is 829 g/mol. The third-order valence-corrected chi connectivity index (χ3v) is 13.0. The molecule has 0 amide bonds. The van der Waals surface area contributed by atoms with Crippen molar-refractivity contribution in [2.75, 3.05) is 0 Å². The summed E-state index contributed by atoms with van der Waals surface area (Å²) in [6.07, 6.45) is 3.67. The molecular weight excluding hydrogens is 793 g/mol. The van der Waals surface area contributed by atoms with Gasteiger partial charge in [-0.2, -0.15) is 5.26 Å². The summed E-state index contributed by atoms with van der Waals surface area (Å²) < 4.78 is 6.72. The highest BCUT2D eigenvalue weighted by atomic mass is 15.1. The normalized spacial score (nSPS) is 11.7. The molecule has 0 atom stereocenters. The number of hydrogen-bond acceptors (Lipinski definition) is 3. The Hall–Kier alpha value is -9.05. The van der Waals surface area contributed by atoms with Crippen molar-refractivity contribution in [2.24, 2.45) is 0 Å². The third kappa shape index (κ3) is 5.66. The molecule has 0 fully saturated rings. The molecule has 6 heteroatoms. The van der Waals surface area contributed by atoms with Gasteiger partial charge in [-0.3, -0.25) is 4.57 Å². The van der Waals surface area contributed by atoms with Gasteiger partial charge in [0.25, 0.3) is 0 Å². The summed E-state index contributed by atoms with van der Waals surface area (Å²) in [5.74, 6) is 0. The zero-order valence-corrected chi connectivity index (χ0v) is 35.0. The molecule has 5 aromatic heterocycles. The zero-order valence-electron chi connectivity index (χ0n) is 35.0. The second-order valence-corrected chi connectivity index (χ2v) is 16.5. The smallest absolute Gasteiger partial charge is 0.146 e. The van der Waals surface area contributed by atoms with Crippen LogP contribution in [0.5, 0.6) is 0 Å². The molecule has 0 spiro atoms. The van der Waals surface area contributed by atoms with E-state index in [1.807, 2.05) is 36.7 Å². The van der Waals surface area contributed by atoms with E-state index in [2.05, 4.69) is 202 Å². The summed E-state index contributed by atoms with van der Waals surface area (Å²) >= 11 is 0. The first-order valence-electron chi connectivity index (χ1n) is 21.8. The average Bonchev–Trinajstić information content (AvgIpc) is 4.02. The van der Waals surface area contributed by atoms with Crippen LogP contribution in [0.3, 0.4) is 0 Å². The van der Waals surface area contributed by atoms with E-state index in [-0.39, 0.29) is 0 Å². The Labute approximate surface area is 373 Å². The largest absolute Gasteiger partial charge is 0.308 e. The number of aromatic nitrogens is 5. The van der Waals surface area contributed by atoms with Crippen molar-refractivity contribution in [1.29, 1.82) is 5.26 Å². The molecule has 0 aliphatic rings. The number of pyridine rings is 2. The molecule has 0 radical (unpaired) electrons. The van der Waals surface area contributed by atoms with Crippen molar-refractivity contribution in [1.82, 2.24) is 23.7 Å². The zero-order chi connectivity index (χ0) is 43.0. The highest BCUT2D eigenvalue weighted by Gasteiger charge is 2.24. The van der Waals surface area contributed by atoms with Gasteiger partial charge >= 0.3 is 0 Å². The summed E-state index contributed by atoms with van der Waals surface area (Å²) in [6, 6.07) is 75.4. The highest BCUT2D eigenvalue weighted by Crippen LogP contribution is 2.42. The van der Waals surface area contributed by atoms with Crippen LogP contribution in [0.1, 0.15) is 5.56 Å². The number of nitrogens with zero attached hydrogens (tertiary/aromatic N) is 6. The topological polar surface area (TPSA) is 64.4 Å². The molecule has 0 N–H and O–H groups in total. The van der Waals surface area contributed by atoms with Crippen molar-refractivity contribution in [2.45, 2.75) is 0 Å². The molecule has 0 saturated carbocycles. The van der Waals surface area contributed by atoms with Gasteiger partial charge in [0.1, 0.15) is 22.9 Å². The van der Waals surface area contributed by atoms with Gasteiger partial charge in [-0.05, 0) is 118 Å². The second kappa shape index (κ2) is 14.5. The van der Waals surface area contributed by atoms with Crippen LogP contribution in [0.25, 0.3) is 116 Å². The fraction of sp³-hybridized carbons (Fsp3) is 0. The molecule has 13 aromatic rings. The van der Waals surface area contributed by atoms with Crippen molar-refractivity contribution < 1.29 is 0 Å². The van der Waals surface area contributed by atoms with Gasteiger partial charge in [-0.1, -0.05) is 121 Å². The first-order chi connectivity index (χ1) is 32.2. The van der Waals surface area contributed by atoms with Crippen molar-refractivity contribution in [3.05, 3.63) is 224 Å². The molecule has 0 bridgehead atoms. The van der Waals surface area contributed by atoms with E-state index in [1.54, 1.807) is 0 Å². The van der Waals surface area contributed by atoms with E-state index in [0.29, 0.717) is 5.56 Å². The number of para-hydroxylation sites is 2. The van der Waals surface area contributed by atoms with E-state index in [9.17, 15) is 5.26 Å². The van der Waals surface area contributed by atoms with Crippen LogP contribution in [0.15, 0.2) is 219 Å². The van der Waals surface area contributed by atoms with E-state index < -0.39 is 0 Å². The van der Waals surface area contributed by atoms with Crippen LogP contribution in [0, 0.1) is 11.3 Å². The molecule has 13 rings (SSSR count). The van der Waals surface area contributed by atoms with Crippen molar-refractivity contribution in [3.8, 4) is 56.5 Å². The maximum absolute atomic E-state index is 11.6. The Morgan fingerprint density at radius 3 is 1.29 bits per heavy atom. The molecular formula is C59H36N6. The predicted molar refractivity (Wildman–Crippen MR) is 266 cm³/mol. The third-order valence-electron chi connectivity index (χ3n) is 13.0. The first kappa shape index (κ1) is 36.6. The lowest BCUT2D eigenvalue weighted by Crippen LogP contribution is -2.05. The standard InChI is InChI=1S/C59H36N6/c60-37-51-56(64-52-24-9-7-20-45(52)49-33-41(26-28-54(49)64)38-14-3-1-4-15-38)35-43(40-18-11-19-44(32-40)63-58-47(22-12-30-61-58)48-23-13-31-62-59(48)63)36-57(51)65-53-25-10-8-21-46(53)50-34-42(27-29-55(50)65)39-16-5-2-6-17-39/h1-36H. The minimum Gasteiger partial charge on any atom is -0.308 e. The fourth-order valence-corrected chi connectivity index (χ4v) is 10.1. The molecule has 6 nitrogen and oxygen atoms in total. The molecule has 0 aliphatic carbocycles. The van der Waals surface area contributed by atoms with Crippen molar-refractivity contribution in [3.63, 3.8) is 0 Å². The Balaban J connectivity index is 1.12. The van der Waals surface area contributed by atoms with Gasteiger partial charge in [0.15, 0.2) is 0 Å². The van der Waals surface area contributed by atoms with E-state index in [0.717, 1.165) is 116 Å². The van der Waals surface area contributed by atoms with Crippen LogP contribution in [0.2, 0.25) is 0 Å². The van der Waals surface area contributed by atoms with E-state index >= 15 is 0 Å². The van der Waals surface area contributed by atoms with Crippen LogP contribution < -0.4 is 0 Å². The molecule has 302 valence electrons. The van der Waals surface area contributed by atoms with Gasteiger partial charge < -0.3 is 9.13 Å². The SMILES string of the molecule is N#Cc1c(-n2c3ccccc3c3cc(-c4ccccc4)ccc32)cc(-c2cccc(-n3c4ncccc4c4cccnc43)c2)cc1-n1c2ccccc2c2cc(-c3ccccc3)ccc21. The Morgan fingerprint density at radius 1 is 0.323 bits per heavy atom. The molecule has 0 unspecified atom stereocenters. The quantitative estimate of drug-likeness (QED) is 0.168. The predicted octanol–water partition coefficient (Wildman–Crippen LogP) is 14.6. The molecule has 0 aliphatic heterocycles. The number of rotatable bonds is 6. The Morgan fingerprint density at radius 2 is 0.769 bits per heavy atom. The summed E-state index contributed by atoms with van der Waals surface area (Å²) in [4.78, 5) is 9.73. The number of hydrogen-bond donors (Lipinski definition) is 0. The van der Waals surface area contributed by atoms with Crippen LogP contribution >= 0.6 is 0 Å². The molecule has 0 saturated heterocycles. The summed E-state index contributed by atoms with van der Waals surface area (Å²) in [7, 11) is 0. The lowest BCUT2D eigenvalue weighted by molar-refractivity contribution is 1.10. The van der Waals surface area contributed by atoms with Gasteiger partial charge in [0.05, 0.1) is 33.4 Å². The second-order valence-electron chi connectivity index (χ2n) is 16.5. The minimum absolute atomic E-state index is 0.574. The Bertz CT molecular complexity index is 3840. The first-order valence-corrected chi connectivity index (χ1v) is 21.8. The highest BCUT2D eigenvalue weighted by molar-refractivity contribution is 6.13. The maximum atomic E-state index is 11.6. The number of nitriles is 1. The van der Waals surface area contributed by atoms with Crippen molar-refractivity contribution >= 4 is 65.7 Å². The van der Waals surface area contributed by atoms with E-state index in [1.165, 1.54) is 0 Å². The lowest BCUT2D eigenvalue weighted by Gasteiger charge is -2.19. The Kier molecular flexibility index (Phi) is 8.17. The minimum atomic E-state index is 0.574. The fourth-order valence-electron chi connectivity index (χ4n) is 10.1. The molecule has 8 aromatic carbocycles. The lowest BCUT2D eigenvalue weighted by atomic mass is 9.99. The summed E-state index contributed by atoms with van der Waals surface area (Å²) in [5, 5.41) is 18.2. The number of benzene rings is 8.